The highest BCUT2D eigenvalue weighted by Gasteiger charge is 2.18. The molecule has 1 N–H and O–H groups in total. The molecule has 1 aromatic carbocycles. The van der Waals surface area contributed by atoms with Crippen molar-refractivity contribution >= 4 is 28.2 Å². The van der Waals surface area contributed by atoms with Crippen LogP contribution in [0.25, 0.3) is 10.9 Å². The lowest BCUT2D eigenvalue weighted by Crippen LogP contribution is -2.46. The molecule has 4 rings (SSSR count). The molecule has 4 nitrogen and oxygen atoms in total. The van der Waals surface area contributed by atoms with E-state index in [0.717, 1.165) is 48.6 Å². The zero-order valence-corrected chi connectivity index (χ0v) is 13.6. The van der Waals surface area contributed by atoms with Crippen LogP contribution in [0.15, 0.2) is 48.8 Å². The Morgan fingerprint density at radius 1 is 1.04 bits per heavy atom. The van der Waals surface area contributed by atoms with Gasteiger partial charge in [-0.2, -0.15) is 0 Å². The fourth-order valence-corrected chi connectivity index (χ4v) is 3.45. The third kappa shape index (κ3) is 3.05. The molecule has 1 fully saturated rings. The third-order valence-electron chi connectivity index (χ3n) is 4.46. The Hall–Kier alpha value is -2.04. The van der Waals surface area contributed by atoms with Crippen LogP contribution in [-0.2, 0) is 6.54 Å². The van der Waals surface area contributed by atoms with Gasteiger partial charge in [0.2, 0.25) is 0 Å². The summed E-state index contributed by atoms with van der Waals surface area (Å²) in [5, 5.41) is 1.92. The Kier molecular flexibility index (Phi) is 3.93. The molecule has 0 saturated carbocycles. The minimum atomic E-state index is 0.813. The highest BCUT2D eigenvalue weighted by atomic mass is 35.5. The number of piperazine rings is 1. The SMILES string of the molecule is Clc1cccc2[nH]c(CN3CCN(c4ccncc4)CC3)cc12. The van der Waals surface area contributed by atoms with Gasteiger partial charge in [-0.25, -0.2) is 0 Å². The first-order valence-electron chi connectivity index (χ1n) is 7.93. The van der Waals surface area contributed by atoms with Crippen molar-refractivity contribution in [2.24, 2.45) is 0 Å². The number of aromatic amines is 1. The number of nitrogens with one attached hydrogen (secondary N) is 1. The van der Waals surface area contributed by atoms with Crippen LogP contribution < -0.4 is 4.90 Å². The zero-order chi connectivity index (χ0) is 15.6. The summed E-state index contributed by atoms with van der Waals surface area (Å²) in [5.41, 5.74) is 3.60. The summed E-state index contributed by atoms with van der Waals surface area (Å²) in [7, 11) is 0. The molecule has 0 aliphatic carbocycles. The van der Waals surface area contributed by atoms with Crippen molar-refractivity contribution in [2.75, 3.05) is 31.1 Å². The predicted molar refractivity (Wildman–Crippen MR) is 95.0 cm³/mol. The van der Waals surface area contributed by atoms with Crippen LogP contribution in [0.5, 0.6) is 0 Å². The second-order valence-corrected chi connectivity index (χ2v) is 6.37. The Morgan fingerprint density at radius 3 is 2.57 bits per heavy atom. The number of anilines is 1. The molecular formula is C18H19ClN4. The average molecular weight is 327 g/mol. The van der Waals surface area contributed by atoms with Crippen molar-refractivity contribution in [1.29, 1.82) is 0 Å². The minimum absolute atomic E-state index is 0.813. The normalized spacial score (nSPS) is 16.1. The molecule has 1 aliphatic rings. The molecule has 2 aromatic heterocycles. The number of aromatic nitrogens is 2. The summed E-state index contributed by atoms with van der Waals surface area (Å²) in [6.07, 6.45) is 3.71. The first kappa shape index (κ1) is 14.5. The van der Waals surface area contributed by atoms with E-state index in [1.54, 1.807) is 0 Å². The number of benzene rings is 1. The van der Waals surface area contributed by atoms with Crippen LogP contribution in [0.4, 0.5) is 5.69 Å². The predicted octanol–water partition coefficient (Wildman–Crippen LogP) is 3.54. The van der Waals surface area contributed by atoms with Crippen LogP contribution in [0.3, 0.4) is 0 Å². The molecule has 1 saturated heterocycles. The lowest BCUT2D eigenvalue weighted by Gasteiger charge is -2.35. The van der Waals surface area contributed by atoms with Crippen LogP contribution >= 0.6 is 11.6 Å². The number of H-pyrrole nitrogens is 1. The van der Waals surface area contributed by atoms with Gasteiger partial charge >= 0.3 is 0 Å². The smallest absolute Gasteiger partial charge is 0.0499 e. The number of hydrogen-bond donors (Lipinski definition) is 1. The van der Waals surface area contributed by atoms with Gasteiger partial charge in [-0.1, -0.05) is 17.7 Å². The van der Waals surface area contributed by atoms with Gasteiger partial charge in [0.25, 0.3) is 0 Å². The molecule has 0 atom stereocenters. The van der Waals surface area contributed by atoms with Gasteiger partial charge in [-0.3, -0.25) is 9.88 Å². The monoisotopic (exact) mass is 326 g/mol. The lowest BCUT2D eigenvalue weighted by molar-refractivity contribution is 0.247. The van der Waals surface area contributed by atoms with Gasteiger partial charge in [0.05, 0.1) is 0 Å². The van der Waals surface area contributed by atoms with Crippen LogP contribution in [0, 0.1) is 0 Å². The fraction of sp³-hybridized carbons (Fsp3) is 0.278. The standard InChI is InChI=1S/C18H19ClN4/c19-17-2-1-3-18-16(17)12-14(21-18)13-22-8-10-23(11-9-22)15-4-6-20-7-5-15/h1-7,12,21H,8-11,13H2. The van der Waals surface area contributed by atoms with E-state index in [4.69, 9.17) is 11.6 Å². The van der Waals surface area contributed by atoms with Gasteiger partial charge in [0.15, 0.2) is 0 Å². The summed E-state index contributed by atoms with van der Waals surface area (Å²) in [4.78, 5) is 12.5. The maximum Gasteiger partial charge on any atom is 0.0499 e. The number of fused-ring (bicyclic) bond motifs is 1. The van der Waals surface area contributed by atoms with E-state index >= 15 is 0 Å². The van der Waals surface area contributed by atoms with E-state index in [2.05, 4.69) is 44.0 Å². The summed E-state index contributed by atoms with van der Waals surface area (Å²) >= 11 is 6.25. The van der Waals surface area contributed by atoms with E-state index in [1.807, 2.05) is 24.5 Å². The third-order valence-corrected chi connectivity index (χ3v) is 4.79. The first-order chi connectivity index (χ1) is 11.3. The average Bonchev–Trinajstić information content (AvgIpc) is 3.00. The number of nitrogens with zero attached hydrogens (tertiary/aromatic N) is 3. The molecule has 0 unspecified atom stereocenters. The second-order valence-electron chi connectivity index (χ2n) is 5.96. The molecule has 1 aliphatic heterocycles. The largest absolute Gasteiger partial charge is 0.369 e. The molecular weight excluding hydrogens is 308 g/mol. The summed E-state index contributed by atoms with van der Waals surface area (Å²) < 4.78 is 0. The molecule has 23 heavy (non-hydrogen) atoms. The van der Waals surface area contributed by atoms with Gasteiger partial charge in [-0.15, -0.1) is 0 Å². The van der Waals surface area contributed by atoms with Crippen LogP contribution in [-0.4, -0.2) is 41.0 Å². The second kappa shape index (κ2) is 6.22. The van der Waals surface area contributed by atoms with Crippen LogP contribution in [0.1, 0.15) is 5.69 Å². The topological polar surface area (TPSA) is 35.2 Å². The van der Waals surface area contributed by atoms with Crippen molar-refractivity contribution in [3.05, 3.63) is 59.5 Å². The van der Waals surface area contributed by atoms with Crippen molar-refractivity contribution in [3.63, 3.8) is 0 Å². The maximum atomic E-state index is 6.25. The van der Waals surface area contributed by atoms with Crippen molar-refractivity contribution in [1.82, 2.24) is 14.9 Å². The van der Waals surface area contributed by atoms with Crippen LogP contribution in [0.2, 0.25) is 5.02 Å². The Bertz CT molecular complexity index is 791. The quantitative estimate of drug-likeness (QED) is 0.799. The van der Waals surface area contributed by atoms with Gasteiger partial charge < -0.3 is 9.88 Å². The zero-order valence-electron chi connectivity index (χ0n) is 12.9. The molecule has 0 radical (unpaired) electrons. The van der Waals surface area contributed by atoms with Crippen molar-refractivity contribution in [3.8, 4) is 0 Å². The van der Waals surface area contributed by atoms with Gasteiger partial charge in [0.1, 0.15) is 0 Å². The van der Waals surface area contributed by atoms with Gasteiger partial charge in [0, 0.05) is 72.4 Å². The summed E-state index contributed by atoms with van der Waals surface area (Å²) in [6.45, 7) is 5.15. The van der Waals surface area contributed by atoms with E-state index < -0.39 is 0 Å². The number of pyridine rings is 1. The molecule has 118 valence electrons. The van der Waals surface area contributed by atoms with Crippen molar-refractivity contribution in [2.45, 2.75) is 6.54 Å². The van der Waals surface area contributed by atoms with E-state index in [0.29, 0.717) is 0 Å². The number of hydrogen-bond acceptors (Lipinski definition) is 3. The Labute approximate surface area is 140 Å². The van der Waals surface area contributed by atoms with E-state index in [9.17, 15) is 0 Å². The molecule has 3 aromatic rings. The lowest BCUT2D eigenvalue weighted by atomic mass is 10.2. The molecule has 3 heterocycles. The number of halogens is 1. The fourth-order valence-electron chi connectivity index (χ4n) is 3.22. The van der Waals surface area contributed by atoms with Gasteiger partial charge in [-0.05, 0) is 30.3 Å². The number of rotatable bonds is 3. The maximum absolute atomic E-state index is 6.25. The minimum Gasteiger partial charge on any atom is -0.369 e. The highest BCUT2D eigenvalue weighted by Crippen LogP contribution is 2.25. The Morgan fingerprint density at radius 2 is 1.83 bits per heavy atom. The molecule has 0 amide bonds. The summed E-state index contributed by atoms with van der Waals surface area (Å²) in [5.74, 6) is 0. The first-order valence-corrected chi connectivity index (χ1v) is 8.31. The Balaban J connectivity index is 1.41. The van der Waals surface area contributed by atoms with E-state index in [1.165, 1.54) is 11.4 Å². The highest BCUT2D eigenvalue weighted by molar-refractivity contribution is 6.35. The molecule has 5 heteroatoms. The van der Waals surface area contributed by atoms with E-state index in [-0.39, 0.29) is 0 Å². The van der Waals surface area contributed by atoms with Crippen molar-refractivity contribution < 1.29 is 0 Å². The molecule has 0 bridgehead atoms. The molecule has 0 spiro atoms. The summed E-state index contributed by atoms with van der Waals surface area (Å²) in [6, 6.07) is 12.3.